The second-order valence-electron chi connectivity index (χ2n) is 9.22. The van der Waals surface area contributed by atoms with Gasteiger partial charge >= 0.3 is 0 Å². The summed E-state index contributed by atoms with van der Waals surface area (Å²) in [7, 11) is 1.98. The van der Waals surface area contributed by atoms with Crippen LogP contribution in [0.4, 0.5) is 0 Å². The SMILES string of the molecule is Cc1cc(-c2noc(-c3nn(C)c4c3CCC(C)(C)C4)n2)cc(C)c1CCC(N)=O. The molecule has 0 radical (unpaired) electrons. The fraction of sp³-hybridized carbons (Fsp3) is 0.478. The zero-order valence-electron chi connectivity index (χ0n) is 18.4. The first-order valence-electron chi connectivity index (χ1n) is 10.4. The van der Waals surface area contributed by atoms with Gasteiger partial charge in [0, 0.05) is 30.3 Å². The van der Waals surface area contributed by atoms with Gasteiger partial charge in [-0.1, -0.05) is 19.0 Å². The summed E-state index contributed by atoms with van der Waals surface area (Å²) < 4.78 is 7.58. The quantitative estimate of drug-likeness (QED) is 0.695. The molecule has 30 heavy (non-hydrogen) atoms. The number of hydrogen-bond donors (Lipinski definition) is 1. The van der Waals surface area contributed by atoms with Crippen LogP contribution in [0.15, 0.2) is 16.7 Å². The summed E-state index contributed by atoms with van der Waals surface area (Å²) in [6, 6.07) is 4.07. The van der Waals surface area contributed by atoms with Crippen LogP contribution in [0.5, 0.6) is 0 Å². The van der Waals surface area contributed by atoms with E-state index in [4.69, 9.17) is 15.4 Å². The number of aromatic nitrogens is 4. The van der Waals surface area contributed by atoms with Crippen molar-refractivity contribution in [3.63, 3.8) is 0 Å². The van der Waals surface area contributed by atoms with Gasteiger partial charge in [0.2, 0.25) is 11.7 Å². The van der Waals surface area contributed by atoms with Crippen LogP contribution < -0.4 is 5.73 Å². The Kier molecular flexibility index (Phi) is 5.00. The number of aryl methyl sites for hydroxylation is 3. The zero-order chi connectivity index (χ0) is 21.6. The van der Waals surface area contributed by atoms with Crippen molar-refractivity contribution in [2.24, 2.45) is 18.2 Å². The number of amides is 1. The van der Waals surface area contributed by atoms with E-state index < -0.39 is 0 Å². The molecule has 3 aromatic rings. The van der Waals surface area contributed by atoms with E-state index in [0.717, 1.165) is 47.2 Å². The van der Waals surface area contributed by atoms with Crippen molar-refractivity contribution in [1.29, 1.82) is 0 Å². The molecule has 1 aliphatic rings. The molecule has 0 saturated carbocycles. The van der Waals surface area contributed by atoms with E-state index >= 15 is 0 Å². The topological polar surface area (TPSA) is 99.8 Å². The number of nitrogens with zero attached hydrogens (tertiary/aromatic N) is 4. The molecule has 158 valence electrons. The van der Waals surface area contributed by atoms with E-state index in [-0.39, 0.29) is 11.3 Å². The maximum Gasteiger partial charge on any atom is 0.279 e. The first-order valence-corrected chi connectivity index (χ1v) is 10.4. The number of carbonyl (C=O) groups is 1. The lowest BCUT2D eigenvalue weighted by Gasteiger charge is -2.29. The number of primary amides is 1. The zero-order valence-corrected chi connectivity index (χ0v) is 18.4. The fourth-order valence-corrected chi connectivity index (χ4v) is 4.47. The minimum atomic E-state index is -0.289. The Balaban J connectivity index is 1.65. The average molecular weight is 408 g/mol. The summed E-state index contributed by atoms with van der Waals surface area (Å²) >= 11 is 0. The maximum absolute atomic E-state index is 11.1. The first kappa shape index (κ1) is 20.3. The van der Waals surface area contributed by atoms with Gasteiger partial charge in [0.05, 0.1) is 0 Å². The van der Waals surface area contributed by atoms with Gasteiger partial charge in [-0.05, 0) is 73.8 Å². The van der Waals surface area contributed by atoms with Crippen LogP contribution in [-0.4, -0.2) is 25.8 Å². The van der Waals surface area contributed by atoms with Crippen LogP contribution in [-0.2, 0) is 31.1 Å². The van der Waals surface area contributed by atoms with Gasteiger partial charge in [-0.2, -0.15) is 10.1 Å². The third-order valence-electron chi connectivity index (χ3n) is 6.18. The van der Waals surface area contributed by atoms with E-state index in [1.165, 1.54) is 11.3 Å². The first-order chi connectivity index (χ1) is 14.1. The summed E-state index contributed by atoms with van der Waals surface area (Å²) in [6.07, 6.45) is 4.06. The van der Waals surface area contributed by atoms with Crippen molar-refractivity contribution in [2.45, 2.75) is 59.8 Å². The van der Waals surface area contributed by atoms with Gasteiger partial charge in [0.15, 0.2) is 5.69 Å². The summed E-state index contributed by atoms with van der Waals surface area (Å²) in [5, 5.41) is 8.93. The minimum absolute atomic E-state index is 0.281. The highest BCUT2D eigenvalue weighted by atomic mass is 16.5. The number of fused-ring (bicyclic) bond motifs is 1. The number of rotatable bonds is 5. The lowest BCUT2D eigenvalue weighted by atomic mass is 9.76. The Bertz CT molecular complexity index is 1100. The molecule has 1 aromatic carbocycles. The number of benzene rings is 1. The summed E-state index contributed by atoms with van der Waals surface area (Å²) in [5.41, 5.74) is 13.1. The molecule has 0 spiro atoms. The summed E-state index contributed by atoms with van der Waals surface area (Å²) in [4.78, 5) is 15.8. The Hall–Kier alpha value is -2.96. The van der Waals surface area contributed by atoms with E-state index in [2.05, 4.69) is 24.0 Å². The van der Waals surface area contributed by atoms with Gasteiger partial charge in [0.1, 0.15) is 0 Å². The fourth-order valence-electron chi connectivity index (χ4n) is 4.47. The summed E-state index contributed by atoms with van der Waals surface area (Å²) in [5.74, 6) is 0.727. The molecule has 4 rings (SSSR count). The van der Waals surface area contributed by atoms with Gasteiger partial charge < -0.3 is 10.3 Å². The normalized spacial score (nSPS) is 15.2. The van der Waals surface area contributed by atoms with E-state index in [1.807, 2.05) is 37.7 Å². The number of nitrogens with two attached hydrogens (primary N) is 1. The molecule has 7 heteroatoms. The minimum Gasteiger partial charge on any atom is -0.370 e. The molecule has 0 unspecified atom stereocenters. The summed E-state index contributed by atoms with van der Waals surface area (Å²) in [6.45, 7) is 8.66. The molecule has 2 N–H and O–H groups in total. The largest absolute Gasteiger partial charge is 0.370 e. The monoisotopic (exact) mass is 407 g/mol. The van der Waals surface area contributed by atoms with Gasteiger partial charge in [-0.25, -0.2) is 0 Å². The third-order valence-corrected chi connectivity index (χ3v) is 6.18. The molecule has 0 fully saturated rings. The van der Waals surface area contributed by atoms with Crippen LogP contribution >= 0.6 is 0 Å². The van der Waals surface area contributed by atoms with Gasteiger partial charge in [0.25, 0.3) is 5.89 Å². The second kappa shape index (κ2) is 7.38. The lowest BCUT2D eigenvalue weighted by molar-refractivity contribution is -0.117. The second-order valence-corrected chi connectivity index (χ2v) is 9.22. The van der Waals surface area contributed by atoms with Crippen molar-refractivity contribution in [3.05, 3.63) is 40.1 Å². The molecule has 0 atom stereocenters. The molecular weight excluding hydrogens is 378 g/mol. The van der Waals surface area contributed by atoms with E-state index in [9.17, 15) is 4.79 Å². The molecule has 7 nitrogen and oxygen atoms in total. The van der Waals surface area contributed by atoms with Crippen molar-refractivity contribution in [3.8, 4) is 23.0 Å². The van der Waals surface area contributed by atoms with Crippen LogP contribution in [0.1, 0.15) is 54.6 Å². The molecule has 1 aliphatic carbocycles. The Morgan fingerprint density at radius 2 is 1.97 bits per heavy atom. The maximum atomic E-state index is 11.1. The van der Waals surface area contributed by atoms with E-state index in [0.29, 0.717) is 24.6 Å². The molecular formula is C23H29N5O2. The highest BCUT2D eigenvalue weighted by molar-refractivity contribution is 5.74. The molecule has 2 heterocycles. The van der Waals surface area contributed by atoms with Crippen LogP contribution in [0.3, 0.4) is 0 Å². The predicted molar refractivity (Wildman–Crippen MR) is 115 cm³/mol. The molecule has 2 aromatic heterocycles. The van der Waals surface area contributed by atoms with Crippen molar-refractivity contribution >= 4 is 5.91 Å². The third kappa shape index (κ3) is 3.76. The molecule has 1 amide bonds. The van der Waals surface area contributed by atoms with Crippen molar-refractivity contribution < 1.29 is 9.32 Å². The Morgan fingerprint density at radius 3 is 2.63 bits per heavy atom. The van der Waals surface area contributed by atoms with Crippen molar-refractivity contribution in [2.75, 3.05) is 0 Å². The van der Waals surface area contributed by atoms with Crippen molar-refractivity contribution in [1.82, 2.24) is 19.9 Å². The predicted octanol–water partition coefficient (Wildman–Crippen LogP) is 3.69. The van der Waals surface area contributed by atoms with Crippen LogP contribution in [0.25, 0.3) is 23.0 Å². The van der Waals surface area contributed by atoms with Crippen LogP contribution in [0.2, 0.25) is 0 Å². The molecule has 0 saturated heterocycles. The Morgan fingerprint density at radius 1 is 1.27 bits per heavy atom. The van der Waals surface area contributed by atoms with Gasteiger partial charge in [-0.3, -0.25) is 9.48 Å². The average Bonchev–Trinajstić information content (AvgIpc) is 3.25. The number of hydrogen-bond acceptors (Lipinski definition) is 5. The Labute approximate surface area is 176 Å². The lowest BCUT2D eigenvalue weighted by Crippen LogP contribution is -2.23. The van der Waals surface area contributed by atoms with Gasteiger partial charge in [-0.15, -0.1) is 0 Å². The van der Waals surface area contributed by atoms with E-state index in [1.54, 1.807) is 0 Å². The number of carbonyl (C=O) groups excluding carboxylic acids is 1. The smallest absolute Gasteiger partial charge is 0.279 e. The highest BCUT2D eigenvalue weighted by Gasteiger charge is 2.32. The molecule has 0 aliphatic heterocycles. The van der Waals surface area contributed by atoms with Crippen LogP contribution in [0, 0.1) is 19.3 Å². The molecule has 0 bridgehead atoms. The highest BCUT2D eigenvalue weighted by Crippen LogP contribution is 2.38. The standard InChI is InChI=1S/C23H29N5O2/c1-13-10-15(11-14(2)16(13)6-7-19(24)29)21-25-22(30-27-21)20-17-8-9-23(3,4)12-18(17)28(5)26-20/h10-11H,6-9,12H2,1-5H3,(H2,24,29).